The van der Waals surface area contributed by atoms with Crippen molar-refractivity contribution in [1.82, 2.24) is 4.90 Å². The summed E-state index contributed by atoms with van der Waals surface area (Å²) in [4.78, 5) is 23.4. The molecule has 0 aromatic heterocycles. The number of rotatable bonds is 2. The van der Waals surface area contributed by atoms with Crippen molar-refractivity contribution < 1.29 is 14.1 Å². The van der Waals surface area contributed by atoms with Crippen LogP contribution in [0.4, 0.5) is 4.39 Å². The van der Waals surface area contributed by atoms with Crippen LogP contribution >= 0.6 is 0 Å². The van der Waals surface area contributed by atoms with Gasteiger partial charge in [-0.25, -0.2) is 4.39 Å². The number of likely N-dealkylation sites (N-methyl/N-ethyl adjacent to an activating group) is 1. The smallest absolute Gasteiger partial charge is 0.267 e. The average Bonchev–Trinajstić information content (AvgIpc) is 2.36. The van der Waals surface area contributed by atoms with Crippen molar-refractivity contribution in [3.05, 3.63) is 46.0 Å². The summed E-state index contributed by atoms with van der Waals surface area (Å²) in [6, 6.07) is 8.27. The van der Waals surface area contributed by atoms with Crippen LogP contribution in [0, 0.1) is 10.1 Å². The van der Waals surface area contributed by atoms with Gasteiger partial charge in [0.05, 0.1) is 13.0 Å². The van der Waals surface area contributed by atoms with Crippen LogP contribution in [0.1, 0.15) is 12.0 Å². The van der Waals surface area contributed by atoms with Crippen LogP contribution in [0.15, 0.2) is 30.3 Å². The second-order valence-electron chi connectivity index (χ2n) is 4.52. The van der Waals surface area contributed by atoms with Gasteiger partial charge in [-0.3, -0.25) is 14.9 Å². The lowest BCUT2D eigenvalue weighted by atomic mass is 9.82. The second kappa shape index (κ2) is 4.36. The molecule has 1 saturated heterocycles. The molecule has 2 rings (SSSR count). The van der Waals surface area contributed by atoms with Gasteiger partial charge in [0.25, 0.3) is 11.4 Å². The Morgan fingerprint density at radius 1 is 1.44 bits per heavy atom. The molecular formula is C12H13FN2O3. The fourth-order valence-electron chi connectivity index (χ4n) is 2.35. The Balaban J connectivity index is 2.47. The second-order valence-corrected chi connectivity index (χ2v) is 4.52. The number of benzene rings is 1. The van der Waals surface area contributed by atoms with E-state index in [-0.39, 0.29) is 6.54 Å². The number of carbonyl (C=O) groups is 1. The predicted octanol–water partition coefficient (Wildman–Crippen LogP) is 1.36. The number of piperidine rings is 1. The normalized spacial score (nSPS) is 28.2. The lowest BCUT2D eigenvalue weighted by Gasteiger charge is -2.36. The third-order valence-electron chi connectivity index (χ3n) is 3.32. The van der Waals surface area contributed by atoms with Gasteiger partial charge in [0.1, 0.15) is 0 Å². The molecule has 1 aliphatic heterocycles. The van der Waals surface area contributed by atoms with E-state index in [2.05, 4.69) is 0 Å². The number of amides is 1. The zero-order valence-electron chi connectivity index (χ0n) is 9.88. The Bertz CT molecular complexity index is 463. The maximum absolute atomic E-state index is 13.7. The van der Waals surface area contributed by atoms with E-state index < -0.39 is 29.0 Å². The minimum absolute atomic E-state index is 0.108. The number of alkyl halides is 1. The van der Waals surface area contributed by atoms with E-state index in [0.29, 0.717) is 5.56 Å². The molecule has 0 bridgehead atoms. The molecule has 0 aliphatic carbocycles. The van der Waals surface area contributed by atoms with Crippen LogP contribution in [0.25, 0.3) is 0 Å². The predicted molar refractivity (Wildman–Crippen MR) is 62.3 cm³/mol. The van der Waals surface area contributed by atoms with Gasteiger partial charge in [0.2, 0.25) is 0 Å². The Labute approximate surface area is 103 Å². The SMILES string of the molecule is CN1CC(c2ccccc2)([N+](=O)[O-])CC(F)C1=O. The zero-order chi connectivity index (χ0) is 13.3. The van der Waals surface area contributed by atoms with Crippen molar-refractivity contribution in [2.45, 2.75) is 18.1 Å². The van der Waals surface area contributed by atoms with Crippen LogP contribution in [0.5, 0.6) is 0 Å². The minimum Gasteiger partial charge on any atom is -0.336 e. The molecule has 0 radical (unpaired) electrons. The van der Waals surface area contributed by atoms with E-state index in [1.807, 2.05) is 0 Å². The van der Waals surface area contributed by atoms with E-state index in [1.165, 1.54) is 7.05 Å². The molecule has 1 fully saturated rings. The minimum atomic E-state index is -1.82. The van der Waals surface area contributed by atoms with Crippen LogP contribution in [-0.2, 0) is 10.3 Å². The van der Waals surface area contributed by atoms with Crippen LogP contribution in [0.2, 0.25) is 0 Å². The molecular weight excluding hydrogens is 239 g/mol. The van der Waals surface area contributed by atoms with Gasteiger partial charge >= 0.3 is 0 Å². The van der Waals surface area contributed by atoms with Gasteiger partial charge < -0.3 is 4.90 Å². The third-order valence-corrected chi connectivity index (χ3v) is 3.32. The maximum Gasteiger partial charge on any atom is 0.267 e. The highest BCUT2D eigenvalue weighted by molar-refractivity contribution is 5.81. The van der Waals surface area contributed by atoms with Gasteiger partial charge in [-0.05, 0) is 0 Å². The summed E-state index contributed by atoms with van der Waals surface area (Å²) in [6.45, 7) is -0.108. The highest BCUT2D eigenvalue weighted by Crippen LogP contribution is 2.35. The van der Waals surface area contributed by atoms with Crippen molar-refractivity contribution in [2.24, 2.45) is 0 Å². The van der Waals surface area contributed by atoms with Crippen LogP contribution in [0.3, 0.4) is 0 Å². The van der Waals surface area contributed by atoms with E-state index in [4.69, 9.17) is 0 Å². The van der Waals surface area contributed by atoms with E-state index in [1.54, 1.807) is 30.3 Å². The zero-order valence-corrected chi connectivity index (χ0v) is 9.88. The summed E-state index contributed by atoms with van der Waals surface area (Å²) in [5, 5.41) is 11.4. The molecule has 0 spiro atoms. The summed E-state index contributed by atoms with van der Waals surface area (Å²) >= 11 is 0. The number of likely N-dealkylation sites (tertiary alicyclic amines) is 1. The topological polar surface area (TPSA) is 63.4 Å². The standard InChI is InChI=1S/C12H13FN2O3/c1-14-8-12(15(17)18,7-10(13)11(14)16)9-5-3-2-4-6-9/h2-6,10H,7-8H2,1H3. The highest BCUT2D eigenvalue weighted by Gasteiger charge is 2.53. The van der Waals surface area contributed by atoms with Gasteiger partial charge in [0.15, 0.2) is 6.17 Å². The van der Waals surface area contributed by atoms with Gasteiger partial charge in [0, 0.05) is 17.5 Å². The Morgan fingerprint density at radius 2 is 2.06 bits per heavy atom. The maximum atomic E-state index is 13.7. The summed E-state index contributed by atoms with van der Waals surface area (Å²) in [5.74, 6) is -0.691. The van der Waals surface area contributed by atoms with Crippen molar-refractivity contribution in [2.75, 3.05) is 13.6 Å². The first-order valence-electron chi connectivity index (χ1n) is 5.56. The molecule has 0 N–H and O–H groups in total. The summed E-state index contributed by atoms with van der Waals surface area (Å²) < 4.78 is 13.7. The fourth-order valence-corrected chi connectivity index (χ4v) is 2.35. The number of halogens is 1. The molecule has 0 saturated carbocycles. The first-order valence-corrected chi connectivity index (χ1v) is 5.56. The summed E-state index contributed by atoms with van der Waals surface area (Å²) in [6.07, 6.45) is -2.23. The van der Waals surface area contributed by atoms with Gasteiger partial charge in [-0.15, -0.1) is 0 Å². The van der Waals surface area contributed by atoms with Crippen molar-refractivity contribution >= 4 is 5.91 Å². The number of nitrogens with zero attached hydrogens (tertiary/aromatic N) is 2. The fraction of sp³-hybridized carbons (Fsp3) is 0.417. The number of hydrogen-bond acceptors (Lipinski definition) is 3. The molecule has 1 heterocycles. The number of nitro groups is 1. The lowest BCUT2D eigenvalue weighted by Crippen LogP contribution is -2.56. The van der Waals surface area contributed by atoms with Crippen LogP contribution < -0.4 is 0 Å². The molecule has 6 heteroatoms. The first kappa shape index (κ1) is 12.5. The molecule has 1 aromatic carbocycles. The molecule has 1 aromatic rings. The Kier molecular flexibility index (Phi) is 3.02. The number of carbonyl (C=O) groups excluding carboxylic acids is 1. The van der Waals surface area contributed by atoms with Crippen molar-refractivity contribution in [3.63, 3.8) is 0 Å². The van der Waals surface area contributed by atoms with Crippen LogP contribution in [-0.4, -0.2) is 35.5 Å². The third kappa shape index (κ3) is 1.83. The molecule has 2 unspecified atom stereocenters. The monoisotopic (exact) mass is 252 g/mol. The largest absolute Gasteiger partial charge is 0.336 e. The average molecular weight is 252 g/mol. The van der Waals surface area contributed by atoms with Gasteiger partial charge in [-0.1, -0.05) is 30.3 Å². The molecule has 5 nitrogen and oxygen atoms in total. The molecule has 96 valence electrons. The Hall–Kier alpha value is -1.98. The van der Waals surface area contributed by atoms with E-state index in [0.717, 1.165) is 4.90 Å². The molecule has 18 heavy (non-hydrogen) atoms. The lowest BCUT2D eigenvalue weighted by molar-refractivity contribution is -0.583. The van der Waals surface area contributed by atoms with E-state index >= 15 is 0 Å². The highest BCUT2D eigenvalue weighted by atomic mass is 19.1. The molecule has 1 aliphatic rings. The van der Waals surface area contributed by atoms with Crippen molar-refractivity contribution in [3.8, 4) is 0 Å². The Morgan fingerprint density at radius 3 is 2.56 bits per heavy atom. The van der Waals surface area contributed by atoms with Gasteiger partial charge in [-0.2, -0.15) is 0 Å². The van der Waals surface area contributed by atoms with Crippen molar-refractivity contribution in [1.29, 1.82) is 0 Å². The molecule has 1 amide bonds. The first-order chi connectivity index (χ1) is 8.47. The molecule has 2 atom stereocenters. The van der Waals surface area contributed by atoms with E-state index in [9.17, 15) is 19.3 Å². The quantitative estimate of drug-likeness (QED) is 0.589. The summed E-state index contributed by atoms with van der Waals surface area (Å²) in [5.41, 5.74) is -1.12. The summed E-state index contributed by atoms with van der Waals surface area (Å²) in [7, 11) is 1.38. The number of hydrogen-bond donors (Lipinski definition) is 0.